The number of rotatable bonds is 1. The Morgan fingerprint density at radius 3 is 2.77 bits per heavy atom. The molecule has 0 aromatic heterocycles. The van der Waals surface area contributed by atoms with Crippen LogP contribution in [-0.2, 0) is 12.8 Å². The van der Waals surface area contributed by atoms with Crippen molar-refractivity contribution in [2.24, 2.45) is 0 Å². The summed E-state index contributed by atoms with van der Waals surface area (Å²) in [5.74, 6) is 0.310. The van der Waals surface area contributed by atoms with Gasteiger partial charge in [-0.25, -0.2) is 0 Å². The third kappa shape index (κ3) is 1.31. The predicted molar refractivity (Wildman–Crippen MR) is 50.8 cm³/mol. The first-order chi connectivity index (χ1) is 6.20. The summed E-state index contributed by atoms with van der Waals surface area (Å²) in [6, 6.07) is 3.84. The highest BCUT2D eigenvalue weighted by molar-refractivity contribution is 5.48. The highest BCUT2D eigenvalue weighted by atomic mass is 16.3. The second-order valence-corrected chi connectivity index (χ2v) is 3.67. The SMILES string of the molecule is CC(O)c1ccc2c(c1O)CCC2. The van der Waals surface area contributed by atoms with Crippen LogP contribution in [0.25, 0.3) is 0 Å². The smallest absolute Gasteiger partial charge is 0.124 e. The largest absolute Gasteiger partial charge is 0.507 e. The molecule has 2 heteroatoms. The van der Waals surface area contributed by atoms with E-state index in [4.69, 9.17) is 0 Å². The molecule has 2 rings (SSSR count). The third-order valence-corrected chi connectivity index (χ3v) is 2.73. The molecule has 70 valence electrons. The minimum atomic E-state index is -0.578. The van der Waals surface area contributed by atoms with E-state index in [1.165, 1.54) is 5.56 Å². The lowest BCUT2D eigenvalue weighted by Gasteiger charge is -2.11. The quantitative estimate of drug-likeness (QED) is 0.690. The number of aromatic hydroxyl groups is 1. The molecule has 0 saturated carbocycles. The number of phenols is 1. The lowest BCUT2D eigenvalue weighted by Crippen LogP contribution is -1.95. The fourth-order valence-corrected chi connectivity index (χ4v) is 2.00. The molecule has 0 heterocycles. The molecule has 1 atom stereocenters. The van der Waals surface area contributed by atoms with Crippen molar-refractivity contribution in [3.8, 4) is 5.75 Å². The van der Waals surface area contributed by atoms with Crippen molar-refractivity contribution in [1.29, 1.82) is 0 Å². The van der Waals surface area contributed by atoms with Crippen molar-refractivity contribution in [2.45, 2.75) is 32.3 Å². The van der Waals surface area contributed by atoms with Gasteiger partial charge in [0.05, 0.1) is 6.10 Å². The summed E-state index contributed by atoms with van der Waals surface area (Å²) in [7, 11) is 0. The van der Waals surface area contributed by atoms with Crippen LogP contribution >= 0.6 is 0 Å². The molecule has 2 N–H and O–H groups in total. The maximum Gasteiger partial charge on any atom is 0.124 e. The first-order valence-electron chi connectivity index (χ1n) is 4.72. The van der Waals surface area contributed by atoms with Gasteiger partial charge in [-0.3, -0.25) is 0 Å². The Morgan fingerprint density at radius 1 is 1.31 bits per heavy atom. The van der Waals surface area contributed by atoms with Crippen LogP contribution < -0.4 is 0 Å². The van der Waals surface area contributed by atoms with Gasteiger partial charge < -0.3 is 10.2 Å². The summed E-state index contributed by atoms with van der Waals surface area (Å²) in [6.45, 7) is 1.68. The van der Waals surface area contributed by atoms with Crippen molar-refractivity contribution in [1.82, 2.24) is 0 Å². The van der Waals surface area contributed by atoms with E-state index >= 15 is 0 Å². The van der Waals surface area contributed by atoms with Gasteiger partial charge in [-0.1, -0.05) is 12.1 Å². The fourth-order valence-electron chi connectivity index (χ4n) is 2.00. The Hall–Kier alpha value is -1.02. The van der Waals surface area contributed by atoms with Gasteiger partial charge in [0.2, 0.25) is 0 Å². The number of fused-ring (bicyclic) bond motifs is 1. The average Bonchev–Trinajstić information content (AvgIpc) is 2.52. The van der Waals surface area contributed by atoms with Crippen LogP contribution in [0.1, 0.15) is 36.1 Å². The summed E-state index contributed by atoms with van der Waals surface area (Å²) < 4.78 is 0. The molecule has 0 spiro atoms. The zero-order valence-corrected chi connectivity index (χ0v) is 7.75. The van der Waals surface area contributed by atoms with Crippen LogP contribution in [-0.4, -0.2) is 10.2 Å². The predicted octanol–water partition coefficient (Wildman–Crippen LogP) is 1.93. The minimum Gasteiger partial charge on any atom is -0.507 e. The number of phenolic OH excluding ortho intramolecular Hbond substituents is 1. The molecule has 0 aliphatic heterocycles. The summed E-state index contributed by atoms with van der Waals surface area (Å²) in [5.41, 5.74) is 2.93. The van der Waals surface area contributed by atoms with Gasteiger partial charge >= 0.3 is 0 Å². The summed E-state index contributed by atoms with van der Waals surface area (Å²) in [6.07, 6.45) is 2.54. The van der Waals surface area contributed by atoms with Crippen molar-refractivity contribution < 1.29 is 10.2 Å². The van der Waals surface area contributed by atoms with Crippen molar-refractivity contribution in [3.05, 3.63) is 28.8 Å². The molecular weight excluding hydrogens is 164 g/mol. The molecule has 0 fully saturated rings. The molecule has 0 bridgehead atoms. The minimum absolute atomic E-state index is 0.310. The molecule has 1 unspecified atom stereocenters. The maximum absolute atomic E-state index is 9.82. The second-order valence-electron chi connectivity index (χ2n) is 3.67. The molecular formula is C11H14O2. The topological polar surface area (TPSA) is 40.5 Å². The van der Waals surface area contributed by atoms with Crippen LogP contribution in [0.15, 0.2) is 12.1 Å². The Kier molecular flexibility index (Phi) is 2.00. The van der Waals surface area contributed by atoms with Crippen molar-refractivity contribution >= 4 is 0 Å². The van der Waals surface area contributed by atoms with Gasteiger partial charge in [0.25, 0.3) is 0 Å². The molecule has 2 nitrogen and oxygen atoms in total. The Bertz CT molecular complexity index is 329. The highest BCUT2D eigenvalue weighted by Crippen LogP contribution is 2.35. The van der Waals surface area contributed by atoms with Crippen LogP contribution in [0.5, 0.6) is 5.75 Å². The number of aryl methyl sites for hydroxylation is 1. The fraction of sp³-hybridized carbons (Fsp3) is 0.455. The van der Waals surface area contributed by atoms with Crippen LogP contribution in [0, 0.1) is 0 Å². The van der Waals surface area contributed by atoms with E-state index in [1.807, 2.05) is 12.1 Å². The molecule has 1 aromatic carbocycles. The van der Waals surface area contributed by atoms with Gasteiger partial charge in [-0.15, -0.1) is 0 Å². The van der Waals surface area contributed by atoms with E-state index in [1.54, 1.807) is 6.92 Å². The van der Waals surface area contributed by atoms with E-state index in [2.05, 4.69) is 0 Å². The molecule has 1 aliphatic carbocycles. The third-order valence-electron chi connectivity index (χ3n) is 2.73. The number of benzene rings is 1. The maximum atomic E-state index is 9.82. The van der Waals surface area contributed by atoms with Gasteiger partial charge in [-0.2, -0.15) is 0 Å². The lowest BCUT2D eigenvalue weighted by molar-refractivity contribution is 0.194. The van der Waals surface area contributed by atoms with Gasteiger partial charge in [0.15, 0.2) is 0 Å². The van der Waals surface area contributed by atoms with Crippen LogP contribution in [0.2, 0.25) is 0 Å². The zero-order valence-electron chi connectivity index (χ0n) is 7.75. The number of aliphatic hydroxyl groups excluding tert-OH is 1. The van der Waals surface area contributed by atoms with E-state index < -0.39 is 6.10 Å². The number of aliphatic hydroxyl groups is 1. The first kappa shape index (κ1) is 8.57. The Balaban J connectivity index is 2.52. The Morgan fingerprint density at radius 2 is 2.08 bits per heavy atom. The van der Waals surface area contributed by atoms with E-state index in [-0.39, 0.29) is 0 Å². The standard InChI is InChI=1S/C11H14O2/c1-7(12)9-6-5-8-3-2-4-10(8)11(9)13/h5-7,12-13H,2-4H2,1H3. The first-order valence-corrected chi connectivity index (χ1v) is 4.72. The van der Waals surface area contributed by atoms with Crippen molar-refractivity contribution in [2.75, 3.05) is 0 Å². The van der Waals surface area contributed by atoms with E-state index in [0.717, 1.165) is 24.8 Å². The van der Waals surface area contributed by atoms with Crippen molar-refractivity contribution in [3.63, 3.8) is 0 Å². The monoisotopic (exact) mass is 178 g/mol. The number of hydrogen-bond donors (Lipinski definition) is 2. The lowest BCUT2D eigenvalue weighted by atomic mass is 10.0. The summed E-state index contributed by atoms with van der Waals surface area (Å²) >= 11 is 0. The average molecular weight is 178 g/mol. The molecule has 0 saturated heterocycles. The van der Waals surface area contributed by atoms with E-state index in [9.17, 15) is 10.2 Å². The zero-order chi connectivity index (χ0) is 9.42. The van der Waals surface area contributed by atoms with E-state index in [0.29, 0.717) is 11.3 Å². The van der Waals surface area contributed by atoms with Gasteiger partial charge in [0, 0.05) is 5.56 Å². The Labute approximate surface area is 77.8 Å². The van der Waals surface area contributed by atoms with Crippen LogP contribution in [0.4, 0.5) is 0 Å². The molecule has 1 aliphatic rings. The van der Waals surface area contributed by atoms with Gasteiger partial charge in [-0.05, 0) is 37.3 Å². The number of hydrogen-bond acceptors (Lipinski definition) is 2. The summed E-state index contributed by atoms with van der Waals surface area (Å²) in [5, 5.41) is 19.2. The highest BCUT2D eigenvalue weighted by Gasteiger charge is 2.18. The van der Waals surface area contributed by atoms with Crippen LogP contribution in [0.3, 0.4) is 0 Å². The molecule has 1 aromatic rings. The molecule has 13 heavy (non-hydrogen) atoms. The second kappa shape index (κ2) is 3.04. The molecule has 0 radical (unpaired) electrons. The molecule has 0 amide bonds. The normalized spacial score (nSPS) is 17.1. The van der Waals surface area contributed by atoms with Gasteiger partial charge in [0.1, 0.15) is 5.75 Å². The summed E-state index contributed by atoms with van der Waals surface area (Å²) in [4.78, 5) is 0.